The third-order valence-corrected chi connectivity index (χ3v) is 3.24. The SMILES string of the molecule is COCCCN(C)C(CN)c1ccsc1. The Kier molecular flexibility index (Phi) is 5.86. The average Bonchev–Trinajstić information content (AvgIpc) is 2.73. The molecule has 15 heavy (non-hydrogen) atoms. The summed E-state index contributed by atoms with van der Waals surface area (Å²) >= 11 is 1.72. The van der Waals surface area contributed by atoms with E-state index in [-0.39, 0.29) is 0 Å². The fraction of sp³-hybridized carbons (Fsp3) is 0.636. The lowest BCUT2D eigenvalue weighted by Gasteiger charge is -2.26. The molecule has 1 aromatic rings. The van der Waals surface area contributed by atoms with E-state index in [4.69, 9.17) is 10.5 Å². The van der Waals surface area contributed by atoms with Crippen LogP contribution in [0.5, 0.6) is 0 Å². The second-order valence-corrected chi connectivity index (χ2v) is 4.42. The molecule has 0 radical (unpaired) electrons. The second-order valence-electron chi connectivity index (χ2n) is 3.64. The summed E-state index contributed by atoms with van der Waals surface area (Å²) in [4.78, 5) is 2.29. The number of nitrogens with two attached hydrogens (primary N) is 1. The van der Waals surface area contributed by atoms with Gasteiger partial charge in [-0.05, 0) is 35.9 Å². The lowest BCUT2D eigenvalue weighted by Crippen LogP contribution is -2.31. The standard InChI is InChI=1S/C11H20N2OS/c1-13(5-3-6-14-2)11(8-12)10-4-7-15-9-10/h4,7,9,11H,3,5-6,8,12H2,1-2H3. The quantitative estimate of drug-likeness (QED) is 0.722. The van der Waals surface area contributed by atoms with E-state index in [0.29, 0.717) is 12.6 Å². The molecule has 4 heteroatoms. The molecule has 3 nitrogen and oxygen atoms in total. The van der Waals surface area contributed by atoms with Crippen LogP contribution in [-0.2, 0) is 4.74 Å². The van der Waals surface area contributed by atoms with Crippen molar-refractivity contribution in [2.75, 3.05) is 33.9 Å². The normalized spacial score (nSPS) is 13.3. The smallest absolute Gasteiger partial charge is 0.0475 e. The molecular formula is C11H20N2OS. The molecule has 0 aliphatic heterocycles. The van der Waals surface area contributed by atoms with Crippen molar-refractivity contribution < 1.29 is 4.74 Å². The Balaban J connectivity index is 2.44. The summed E-state index contributed by atoms with van der Waals surface area (Å²) in [6.07, 6.45) is 1.05. The van der Waals surface area contributed by atoms with E-state index in [1.807, 2.05) is 0 Å². The maximum atomic E-state index is 5.80. The number of ether oxygens (including phenoxy) is 1. The molecule has 0 spiro atoms. The van der Waals surface area contributed by atoms with Gasteiger partial charge in [0.25, 0.3) is 0 Å². The molecule has 0 aliphatic carbocycles. The van der Waals surface area contributed by atoms with Crippen LogP contribution in [0.2, 0.25) is 0 Å². The van der Waals surface area contributed by atoms with Gasteiger partial charge in [-0.1, -0.05) is 0 Å². The first kappa shape index (κ1) is 12.6. The van der Waals surface area contributed by atoms with Gasteiger partial charge < -0.3 is 10.5 Å². The van der Waals surface area contributed by atoms with Gasteiger partial charge in [0.1, 0.15) is 0 Å². The Morgan fingerprint density at radius 1 is 1.60 bits per heavy atom. The summed E-state index contributed by atoms with van der Waals surface area (Å²) in [7, 11) is 3.85. The lowest BCUT2D eigenvalue weighted by atomic mass is 10.1. The first-order valence-corrected chi connectivity index (χ1v) is 6.15. The maximum Gasteiger partial charge on any atom is 0.0475 e. The number of rotatable bonds is 7. The Hall–Kier alpha value is -0.420. The second kappa shape index (κ2) is 6.95. The Morgan fingerprint density at radius 2 is 2.40 bits per heavy atom. The van der Waals surface area contributed by atoms with Crippen LogP contribution < -0.4 is 5.73 Å². The molecule has 0 bridgehead atoms. The predicted octanol–water partition coefficient (Wildman–Crippen LogP) is 1.72. The van der Waals surface area contributed by atoms with Gasteiger partial charge in [-0.25, -0.2) is 0 Å². The van der Waals surface area contributed by atoms with E-state index in [0.717, 1.165) is 19.6 Å². The fourth-order valence-corrected chi connectivity index (χ4v) is 2.36. The number of hydrogen-bond acceptors (Lipinski definition) is 4. The zero-order valence-corrected chi connectivity index (χ0v) is 10.3. The Bertz CT molecular complexity index is 251. The highest BCUT2D eigenvalue weighted by atomic mass is 32.1. The summed E-state index contributed by atoms with van der Waals surface area (Å²) in [6.45, 7) is 2.50. The summed E-state index contributed by atoms with van der Waals surface area (Å²) in [6, 6.07) is 2.49. The van der Waals surface area contributed by atoms with Crippen LogP contribution in [0.1, 0.15) is 18.0 Å². The molecule has 1 rings (SSSR count). The minimum Gasteiger partial charge on any atom is -0.385 e. The number of nitrogens with zero attached hydrogens (tertiary/aromatic N) is 1. The van der Waals surface area contributed by atoms with E-state index < -0.39 is 0 Å². The topological polar surface area (TPSA) is 38.5 Å². The van der Waals surface area contributed by atoms with Crippen molar-refractivity contribution in [2.24, 2.45) is 5.73 Å². The molecule has 0 amide bonds. The number of hydrogen-bond donors (Lipinski definition) is 1. The first-order chi connectivity index (χ1) is 7.29. The molecule has 1 heterocycles. The fourth-order valence-electron chi connectivity index (χ4n) is 1.65. The summed E-state index contributed by atoms with van der Waals surface area (Å²) in [5, 5.41) is 4.27. The van der Waals surface area contributed by atoms with Gasteiger partial charge in [-0.15, -0.1) is 0 Å². The van der Waals surface area contributed by atoms with E-state index in [9.17, 15) is 0 Å². The van der Waals surface area contributed by atoms with Crippen molar-refractivity contribution in [3.63, 3.8) is 0 Å². The van der Waals surface area contributed by atoms with Crippen LogP contribution in [0.3, 0.4) is 0 Å². The van der Waals surface area contributed by atoms with Crippen molar-refractivity contribution in [3.05, 3.63) is 22.4 Å². The number of methoxy groups -OCH3 is 1. The van der Waals surface area contributed by atoms with E-state index in [2.05, 4.69) is 28.8 Å². The van der Waals surface area contributed by atoms with Gasteiger partial charge in [0.05, 0.1) is 0 Å². The molecule has 86 valence electrons. The molecule has 2 N–H and O–H groups in total. The summed E-state index contributed by atoms with van der Waals surface area (Å²) in [5.41, 5.74) is 7.12. The third kappa shape index (κ3) is 3.91. The van der Waals surface area contributed by atoms with Crippen molar-refractivity contribution in [3.8, 4) is 0 Å². The highest BCUT2D eigenvalue weighted by Crippen LogP contribution is 2.20. The molecule has 0 saturated heterocycles. The Morgan fingerprint density at radius 3 is 2.93 bits per heavy atom. The van der Waals surface area contributed by atoms with Crippen LogP contribution in [-0.4, -0.2) is 38.8 Å². The van der Waals surface area contributed by atoms with E-state index in [1.165, 1.54) is 5.56 Å². The number of likely N-dealkylation sites (N-methyl/N-ethyl adjacent to an activating group) is 1. The summed E-state index contributed by atoms with van der Waals surface area (Å²) < 4.78 is 5.04. The van der Waals surface area contributed by atoms with Crippen molar-refractivity contribution in [1.82, 2.24) is 4.90 Å². The zero-order valence-electron chi connectivity index (χ0n) is 9.48. The minimum absolute atomic E-state index is 0.341. The molecule has 0 aromatic carbocycles. The van der Waals surface area contributed by atoms with Crippen LogP contribution in [0, 0.1) is 0 Å². The highest BCUT2D eigenvalue weighted by molar-refractivity contribution is 7.07. The monoisotopic (exact) mass is 228 g/mol. The molecule has 0 aliphatic rings. The average molecular weight is 228 g/mol. The van der Waals surface area contributed by atoms with E-state index >= 15 is 0 Å². The predicted molar refractivity (Wildman–Crippen MR) is 65.2 cm³/mol. The van der Waals surface area contributed by atoms with Gasteiger partial charge in [-0.3, -0.25) is 4.90 Å². The van der Waals surface area contributed by atoms with Crippen LogP contribution in [0.4, 0.5) is 0 Å². The van der Waals surface area contributed by atoms with Crippen molar-refractivity contribution in [1.29, 1.82) is 0 Å². The van der Waals surface area contributed by atoms with Crippen LogP contribution in [0.25, 0.3) is 0 Å². The molecule has 1 atom stereocenters. The van der Waals surface area contributed by atoms with Crippen LogP contribution in [0.15, 0.2) is 16.8 Å². The van der Waals surface area contributed by atoms with Gasteiger partial charge in [0.2, 0.25) is 0 Å². The van der Waals surface area contributed by atoms with Crippen molar-refractivity contribution in [2.45, 2.75) is 12.5 Å². The zero-order chi connectivity index (χ0) is 11.1. The minimum atomic E-state index is 0.341. The van der Waals surface area contributed by atoms with Gasteiger partial charge in [-0.2, -0.15) is 11.3 Å². The summed E-state index contributed by atoms with van der Waals surface area (Å²) in [5.74, 6) is 0. The molecular weight excluding hydrogens is 208 g/mol. The largest absolute Gasteiger partial charge is 0.385 e. The van der Waals surface area contributed by atoms with Crippen LogP contribution >= 0.6 is 11.3 Å². The first-order valence-electron chi connectivity index (χ1n) is 5.21. The molecule has 1 aromatic heterocycles. The van der Waals surface area contributed by atoms with Gasteiger partial charge >= 0.3 is 0 Å². The lowest BCUT2D eigenvalue weighted by molar-refractivity contribution is 0.166. The highest BCUT2D eigenvalue weighted by Gasteiger charge is 2.14. The Labute approximate surface area is 95.8 Å². The third-order valence-electron chi connectivity index (χ3n) is 2.54. The number of thiophene rings is 1. The van der Waals surface area contributed by atoms with Gasteiger partial charge in [0.15, 0.2) is 0 Å². The maximum absolute atomic E-state index is 5.80. The van der Waals surface area contributed by atoms with Crippen molar-refractivity contribution >= 4 is 11.3 Å². The molecule has 0 saturated carbocycles. The molecule has 1 unspecified atom stereocenters. The van der Waals surface area contributed by atoms with Gasteiger partial charge in [0, 0.05) is 32.8 Å². The molecule has 0 fully saturated rings. The van der Waals surface area contributed by atoms with E-state index in [1.54, 1.807) is 18.4 Å².